The van der Waals surface area contributed by atoms with Crippen LogP contribution in [0.3, 0.4) is 0 Å². The van der Waals surface area contributed by atoms with Crippen LogP contribution in [0.15, 0.2) is 4.99 Å². The second kappa shape index (κ2) is 9.79. The van der Waals surface area contributed by atoms with Crippen molar-refractivity contribution in [1.29, 1.82) is 0 Å². The lowest BCUT2D eigenvalue weighted by atomic mass is 9.84. The predicted octanol–water partition coefficient (Wildman–Crippen LogP) is 1.40. The molecular weight excluding hydrogens is 417 g/mol. The van der Waals surface area contributed by atoms with Gasteiger partial charge in [-0.3, -0.25) is 14.7 Å². The van der Waals surface area contributed by atoms with Crippen LogP contribution in [0.5, 0.6) is 0 Å². The lowest BCUT2D eigenvalue weighted by Crippen LogP contribution is -2.51. The zero-order chi connectivity index (χ0) is 16.1. The summed E-state index contributed by atoms with van der Waals surface area (Å²) in [6.45, 7) is 5.33. The summed E-state index contributed by atoms with van der Waals surface area (Å²) in [6, 6.07) is 0.528. The lowest BCUT2D eigenvalue weighted by Gasteiger charge is -2.38. The molecule has 0 bridgehead atoms. The van der Waals surface area contributed by atoms with E-state index in [1.165, 1.54) is 32.1 Å². The van der Waals surface area contributed by atoms with Crippen LogP contribution in [-0.4, -0.2) is 67.0 Å². The van der Waals surface area contributed by atoms with Crippen LogP contribution in [-0.2, 0) is 4.79 Å². The molecule has 24 heavy (non-hydrogen) atoms. The van der Waals surface area contributed by atoms with E-state index in [1.807, 2.05) is 0 Å². The first kappa shape index (κ1) is 19.8. The van der Waals surface area contributed by atoms with Gasteiger partial charge in [-0.25, -0.2) is 0 Å². The molecule has 0 aromatic rings. The number of hydrogen-bond acceptors (Lipinski definition) is 3. The van der Waals surface area contributed by atoms with E-state index in [-0.39, 0.29) is 24.0 Å². The van der Waals surface area contributed by atoms with Gasteiger partial charge in [-0.05, 0) is 25.7 Å². The Morgan fingerprint density at radius 2 is 1.71 bits per heavy atom. The molecule has 6 nitrogen and oxygen atoms in total. The summed E-state index contributed by atoms with van der Waals surface area (Å²) in [6.07, 6.45) is 8.46. The van der Waals surface area contributed by atoms with Crippen molar-refractivity contribution in [2.24, 2.45) is 16.6 Å². The zero-order valence-electron chi connectivity index (χ0n) is 14.6. The van der Waals surface area contributed by atoms with Crippen LogP contribution in [0.1, 0.15) is 44.9 Å². The van der Waals surface area contributed by atoms with Gasteiger partial charge in [0.25, 0.3) is 0 Å². The van der Waals surface area contributed by atoms with Gasteiger partial charge in [0.05, 0.1) is 6.54 Å². The fourth-order valence-corrected chi connectivity index (χ4v) is 3.74. The van der Waals surface area contributed by atoms with Gasteiger partial charge in [0.15, 0.2) is 5.96 Å². The Balaban J connectivity index is 0.00000208. The number of aliphatic imine (C=N–C) groups is 1. The van der Waals surface area contributed by atoms with Gasteiger partial charge >= 0.3 is 0 Å². The molecule has 0 atom stereocenters. The Morgan fingerprint density at radius 1 is 1.04 bits per heavy atom. The first-order valence-electron chi connectivity index (χ1n) is 9.30. The number of hydrogen-bond donors (Lipinski definition) is 2. The van der Waals surface area contributed by atoms with Crippen molar-refractivity contribution < 1.29 is 4.79 Å². The van der Waals surface area contributed by atoms with E-state index in [0.29, 0.717) is 23.8 Å². The molecule has 0 aromatic heterocycles. The Morgan fingerprint density at radius 3 is 2.29 bits per heavy atom. The normalized spacial score (nSPS) is 23.7. The Bertz CT molecular complexity index is 427. The smallest absolute Gasteiger partial charge is 0.225 e. The first-order chi connectivity index (χ1) is 11.2. The molecule has 3 rings (SSSR count). The van der Waals surface area contributed by atoms with Crippen LogP contribution < -0.4 is 11.1 Å². The standard InChI is InChI=1S/C17H31N5O.HI/c18-17(20-15-6-1-2-7-15)19-8-9-21-10-12-22(13-11-21)16(23)14-4-3-5-14;/h14-15H,1-13H2,(H3,18,19,20);1H. The molecule has 2 aliphatic carbocycles. The third-order valence-corrected chi connectivity index (χ3v) is 5.54. The number of guanidine groups is 1. The van der Waals surface area contributed by atoms with Crippen molar-refractivity contribution in [3.05, 3.63) is 0 Å². The van der Waals surface area contributed by atoms with Crippen LogP contribution in [0.2, 0.25) is 0 Å². The van der Waals surface area contributed by atoms with E-state index >= 15 is 0 Å². The molecule has 0 aromatic carbocycles. The highest BCUT2D eigenvalue weighted by atomic mass is 127. The number of amides is 1. The number of nitrogens with two attached hydrogens (primary N) is 1. The molecule has 1 saturated heterocycles. The van der Waals surface area contributed by atoms with E-state index in [9.17, 15) is 4.79 Å². The van der Waals surface area contributed by atoms with Crippen LogP contribution >= 0.6 is 24.0 Å². The van der Waals surface area contributed by atoms with Crippen LogP contribution in [0, 0.1) is 5.92 Å². The number of carbonyl (C=O) groups excluding carboxylic acids is 1. The van der Waals surface area contributed by atoms with Gasteiger partial charge in [-0.1, -0.05) is 19.3 Å². The lowest BCUT2D eigenvalue weighted by molar-refractivity contribution is -0.139. The minimum atomic E-state index is 0. The van der Waals surface area contributed by atoms with E-state index in [1.54, 1.807) is 0 Å². The zero-order valence-corrected chi connectivity index (χ0v) is 16.9. The van der Waals surface area contributed by atoms with E-state index in [0.717, 1.165) is 52.1 Å². The van der Waals surface area contributed by atoms with E-state index in [4.69, 9.17) is 5.73 Å². The molecule has 7 heteroatoms. The fourth-order valence-electron chi connectivity index (χ4n) is 3.74. The summed E-state index contributed by atoms with van der Waals surface area (Å²) in [5, 5.41) is 3.32. The van der Waals surface area contributed by atoms with Gasteiger partial charge < -0.3 is 16.0 Å². The van der Waals surface area contributed by atoms with Gasteiger partial charge in [0.1, 0.15) is 0 Å². The molecule has 0 radical (unpaired) electrons. The molecule has 3 fully saturated rings. The third kappa shape index (κ3) is 5.47. The van der Waals surface area contributed by atoms with Gasteiger partial charge in [-0.2, -0.15) is 0 Å². The predicted molar refractivity (Wildman–Crippen MR) is 108 cm³/mol. The van der Waals surface area contributed by atoms with Crippen LogP contribution in [0.25, 0.3) is 0 Å². The Hall–Kier alpha value is -0.570. The molecule has 3 N–H and O–H groups in total. The van der Waals surface area contributed by atoms with Crippen molar-refractivity contribution in [2.45, 2.75) is 51.0 Å². The average Bonchev–Trinajstić information content (AvgIpc) is 2.99. The number of nitrogens with one attached hydrogen (secondary N) is 1. The summed E-state index contributed by atoms with van der Waals surface area (Å²) in [7, 11) is 0. The number of rotatable bonds is 5. The molecular formula is C17H32IN5O. The molecule has 1 amide bonds. The van der Waals surface area contributed by atoms with Gasteiger partial charge in [-0.15, -0.1) is 24.0 Å². The molecule has 1 aliphatic heterocycles. The first-order valence-corrected chi connectivity index (χ1v) is 9.30. The summed E-state index contributed by atoms with van der Waals surface area (Å²) in [5.41, 5.74) is 5.95. The minimum absolute atomic E-state index is 0. The van der Waals surface area contributed by atoms with Gasteiger partial charge in [0, 0.05) is 44.7 Å². The van der Waals surface area contributed by atoms with E-state index < -0.39 is 0 Å². The Kier molecular flexibility index (Phi) is 8.06. The number of nitrogens with zero attached hydrogens (tertiary/aromatic N) is 3. The quantitative estimate of drug-likeness (QED) is 0.378. The molecule has 1 heterocycles. The molecule has 3 aliphatic rings. The number of piperazine rings is 1. The summed E-state index contributed by atoms with van der Waals surface area (Å²) in [5.74, 6) is 1.31. The SMILES string of the molecule is I.NC(=NCCN1CCN(C(=O)C2CCC2)CC1)NC1CCCC1. The summed E-state index contributed by atoms with van der Waals surface area (Å²) < 4.78 is 0. The van der Waals surface area contributed by atoms with Crippen LogP contribution in [0.4, 0.5) is 0 Å². The molecule has 138 valence electrons. The maximum atomic E-state index is 12.2. The largest absolute Gasteiger partial charge is 0.370 e. The summed E-state index contributed by atoms with van der Waals surface area (Å²) in [4.78, 5) is 21.1. The molecule has 0 spiro atoms. The highest BCUT2D eigenvalue weighted by molar-refractivity contribution is 14.0. The monoisotopic (exact) mass is 449 g/mol. The maximum Gasteiger partial charge on any atom is 0.225 e. The van der Waals surface area contributed by atoms with Crippen molar-refractivity contribution in [1.82, 2.24) is 15.1 Å². The van der Waals surface area contributed by atoms with E-state index in [2.05, 4.69) is 20.1 Å². The number of halogens is 1. The van der Waals surface area contributed by atoms with Crippen molar-refractivity contribution >= 4 is 35.8 Å². The second-order valence-corrected chi connectivity index (χ2v) is 7.19. The fraction of sp³-hybridized carbons (Fsp3) is 0.882. The number of carbonyl (C=O) groups is 1. The summed E-state index contributed by atoms with van der Waals surface area (Å²) >= 11 is 0. The maximum absolute atomic E-state index is 12.2. The Labute approximate surface area is 162 Å². The topological polar surface area (TPSA) is 74.0 Å². The van der Waals surface area contributed by atoms with Crippen molar-refractivity contribution in [3.8, 4) is 0 Å². The minimum Gasteiger partial charge on any atom is -0.370 e. The molecule has 2 saturated carbocycles. The van der Waals surface area contributed by atoms with Gasteiger partial charge in [0.2, 0.25) is 5.91 Å². The average molecular weight is 449 g/mol. The third-order valence-electron chi connectivity index (χ3n) is 5.54. The second-order valence-electron chi connectivity index (χ2n) is 7.19. The van der Waals surface area contributed by atoms with Crippen molar-refractivity contribution in [3.63, 3.8) is 0 Å². The molecule has 0 unspecified atom stereocenters. The highest BCUT2D eigenvalue weighted by Crippen LogP contribution is 2.28. The van der Waals surface area contributed by atoms with Crippen molar-refractivity contribution in [2.75, 3.05) is 39.3 Å². The highest BCUT2D eigenvalue weighted by Gasteiger charge is 2.30.